The highest BCUT2D eigenvalue weighted by atomic mass is 16.3. The molecule has 6 nitrogen and oxygen atoms in total. The second-order valence-electron chi connectivity index (χ2n) is 4.79. The van der Waals surface area contributed by atoms with Gasteiger partial charge in [-0.3, -0.25) is 4.79 Å². The molecule has 3 aromatic rings. The Kier molecular flexibility index (Phi) is 3.57. The number of furan rings is 1. The van der Waals surface area contributed by atoms with Crippen LogP contribution in [0.25, 0.3) is 11.6 Å². The molecule has 0 radical (unpaired) electrons. The van der Waals surface area contributed by atoms with Crippen LogP contribution in [0.2, 0.25) is 0 Å². The molecule has 0 saturated carbocycles. The van der Waals surface area contributed by atoms with Crippen LogP contribution in [0.4, 0.5) is 11.5 Å². The molecule has 0 aliphatic carbocycles. The third-order valence-electron chi connectivity index (χ3n) is 3.11. The third kappa shape index (κ3) is 2.80. The molecule has 0 spiro atoms. The Labute approximate surface area is 127 Å². The fourth-order valence-electron chi connectivity index (χ4n) is 1.93. The molecule has 3 N–H and O–H groups in total. The number of benzene rings is 1. The van der Waals surface area contributed by atoms with Crippen molar-refractivity contribution >= 4 is 17.4 Å². The van der Waals surface area contributed by atoms with Gasteiger partial charge in [0.25, 0.3) is 5.91 Å². The van der Waals surface area contributed by atoms with Crippen molar-refractivity contribution in [2.75, 3.05) is 11.1 Å². The monoisotopic (exact) mass is 294 g/mol. The van der Waals surface area contributed by atoms with Gasteiger partial charge < -0.3 is 15.5 Å². The summed E-state index contributed by atoms with van der Waals surface area (Å²) >= 11 is 0. The van der Waals surface area contributed by atoms with Gasteiger partial charge in [-0.05, 0) is 31.2 Å². The van der Waals surface area contributed by atoms with Crippen LogP contribution in [-0.2, 0) is 0 Å². The van der Waals surface area contributed by atoms with E-state index in [4.69, 9.17) is 10.2 Å². The highest BCUT2D eigenvalue weighted by molar-refractivity contribution is 6.07. The van der Waals surface area contributed by atoms with Crippen LogP contribution in [0, 0.1) is 6.92 Å². The number of nitrogens with zero attached hydrogens (tertiary/aromatic N) is 2. The minimum Gasteiger partial charge on any atom is -0.461 e. The van der Waals surface area contributed by atoms with Gasteiger partial charge in [-0.1, -0.05) is 17.7 Å². The molecule has 0 fully saturated rings. The van der Waals surface area contributed by atoms with E-state index < -0.39 is 0 Å². The Balaban J connectivity index is 1.82. The van der Waals surface area contributed by atoms with E-state index in [1.54, 1.807) is 12.1 Å². The summed E-state index contributed by atoms with van der Waals surface area (Å²) in [4.78, 5) is 20.4. The third-order valence-corrected chi connectivity index (χ3v) is 3.11. The summed E-state index contributed by atoms with van der Waals surface area (Å²) in [5.74, 6) is 0.588. The largest absolute Gasteiger partial charge is 0.461 e. The predicted octanol–water partition coefficient (Wildman–Crippen LogP) is 2.88. The van der Waals surface area contributed by atoms with Crippen LogP contribution in [0.5, 0.6) is 0 Å². The molecule has 2 heterocycles. The van der Waals surface area contributed by atoms with Crippen molar-refractivity contribution in [2.24, 2.45) is 0 Å². The van der Waals surface area contributed by atoms with Gasteiger partial charge in [0.15, 0.2) is 11.6 Å². The van der Waals surface area contributed by atoms with Crippen LogP contribution in [0.15, 0.2) is 53.3 Å². The molecular weight excluding hydrogens is 280 g/mol. The van der Waals surface area contributed by atoms with Crippen LogP contribution in [0.1, 0.15) is 15.9 Å². The number of carbonyl (C=O) groups excluding carboxylic acids is 1. The van der Waals surface area contributed by atoms with Gasteiger partial charge in [-0.15, -0.1) is 0 Å². The lowest BCUT2D eigenvalue weighted by atomic mass is 10.2. The molecule has 22 heavy (non-hydrogen) atoms. The van der Waals surface area contributed by atoms with Crippen molar-refractivity contribution in [1.29, 1.82) is 0 Å². The van der Waals surface area contributed by atoms with Crippen LogP contribution in [0.3, 0.4) is 0 Å². The van der Waals surface area contributed by atoms with E-state index in [0.29, 0.717) is 17.3 Å². The number of nitrogens with two attached hydrogens (primary N) is 1. The quantitative estimate of drug-likeness (QED) is 0.774. The number of hydrogen-bond donors (Lipinski definition) is 2. The Morgan fingerprint density at radius 3 is 2.64 bits per heavy atom. The summed E-state index contributed by atoms with van der Waals surface area (Å²) < 4.78 is 5.20. The molecule has 3 rings (SSSR count). The lowest BCUT2D eigenvalue weighted by Crippen LogP contribution is -2.15. The highest BCUT2D eigenvalue weighted by Gasteiger charge is 2.14. The molecular formula is C16H14N4O2. The van der Waals surface area contributed by atoms with Gasteiger partial charge in [0.05, 0.1) is 6.26 Å². The first-order chi connectivity index (χ1) is 10.6. The van der Waals surface area contributed by atoms with E-state index in [1.807, 2.05) is 31.2 Å². The molecule has 0 saturated heterocycles. The first-order valence-corrected chi connectivity index (χ1v) is 6.68. The Morgan fingerprint density at radius 2 is 2.00 bits per heavy atom. The van der Waals surface area contributed by atoms with E-state index in [9.17, 15) is 4.79 Å². The Morgan fingerprint density at radius 1 is 1.23 bits per heavy atom. The minimum absolute atomic E-state index is 0.103. The zero-order valence-corrected chi connectivity index (χ0v) is 11.9. The minimum atomic E-state index is -0.354. The molecule has 1 amide bonds. The van der Waals surface area contributed by atoms with Crippen molar-refractivity contribution in [2.45, 2.75) is 6.92 Å². The lowest BCUT2D eigenvalue weighted by Gasteiger charge is -2.07. The second kappa shape index (κ2) is 5.69. The topological polar surface area (TPSA) is 94.0 Å². The number of nitrogen functional groups attached to an aromatic ring is 1. The van der Waals surface area contributed by atoms with Gasteiger partial charge in [0.1, 0.15) is 11.4 Å². The van der Waals surface area contributed by atoms with Crippen LogP contribution < -0.4 is 11.1 Å². The highest BCUT2D eigenvalue weighted by Crippen LogP contribution is 2.19. The van der Waals surface area contributed by atoms with Gasteiger partial charge in [-0.2, -0.15) is 0 Å². The number of aromatic nitrogens is 2. The molecule has 0 unspecified atom stereocenters. The maximum Gasteiger partial charge on any atom is 0.260 e. The number of hydrogen-bond acceptors (Lipinski definition) is 5. The predicted molar refractivity (Wildman–Crippen MR) is 83.3 cm³/mol. The molecule has 110 valence electrons. The molecule has 2 aromatic heterocycles. The Hall–Kier alpha value is -3.15. The summed E-state index contributed by atoms with van der Waals surface area (Å²) in [6, 6.07) is 10.9. The summed E-state index contributed by atoms with van der Waals surface area (Å²) in [6.45, 7) is 1.98. The number of rotatable bonds is 3. The fourth-order valence-corrected chi connectivity index (χ4v) is 1.93. The van der Waals surface area contributed by atoms with Crippen LogP contribution in [-0.4, -0.2) is 15.9 Å². The fraction of sp³-hybridized carbons (Fsp3) is 0.0625. The van der Waals surface area contributed by atoms with E-state index >= 15 is 0 Å². The van der Waals surface area contributed by atoms with E-state index in [-0.39, 0.29) is 17.3 Å². The van der Waals surface area contributed by atoms with E-state index in [2.05, 4.69) is 15.3 Å². The van der Waals surface area contributed by atoms with Crippen LogP contribution >= 0.6 is 0 Å². The number of nitrogens with one attached hydrogen (secondary N) is 1. The first-order valence-electron chi connectivity index (χ1n) is 6.68. The first kappa shape index (κ1) is 13.8. The number of carbonyl (C=O) groups is 1. The van der Waals surface area contributed by atoms with E-state index in [0.717, 1.165) is 5.56 Å². The second-order valence-corrected chi connectivity index (χ2v) is 4.79. The maximum atomic E-state index is 12.2. The molecule has 0 bridgehead atoms. The molecule has 1 aromatic carbocycles. The van der Waals surface area contributed by atoms with Crippen molar-refractivity contribution in [1.82, 2.24) is 9.97 Å². The van der Waals surface area contributed by atoms with Crippen molar-refractivity contribution in [3.63, 3.8) is 0 Å². The van der Waals surface area contributed by atoms with Crippen molar-refractivity contribution < 1.29 is 9.21 Å². The smallest absolute Gasteiger partial charge is 0.260 e. The Bertz CT molecular complexity index is 796. The summed E-state index contributed by atoms with van der Waals surface area (Å²) in [6.07, 6.45) is 2.91. The summed E-state index contributed by atoms with van der Waals surface area (Å²) in [5, 5.41) is 2.76. The SMILES string of the molecule is Cc1ccc(NC(=O)c2cnc(-c3ccco3)nc2N)cc1. The number of anilines is 2. The van der Waals surface area contributed by atoms with Gasteiger partial charge in [0, 0.05) is 11.9 Å². The molecule has 0 atom stereocenters. The van der Waals surface area contributed by atoms with Gasteiger partial charge in [0.2, 0.25) is 0 Å². The zero-order chi connectivity index (χ0) is 15.5. The molecule has 0 aliphatic rings. The number of amides is 1. The van der Waals surface area contributed by atoms with Gasteiger partial charge >= 0.3 is 0 Å². The molecule has 0 aliphatic heterocycles. The van der Waals surface area contributed by atoms with Crippen molar-refractivity contribution in [3.05, 3.63) is 60.0 Å². The van der Waals surface area contributed by atoms with Gasteiger partial charge in [-0.25, -0.2) is 9.97 Å². The summed E-state index contributed by atoms with van der Waals surface area (Å²) in [7, 11) is 0. The lowest BCUT2D eigenvalue weighted by molar-refractivity contribution is 0.102. The van der Waals surface area contributed by atoms with Crippen molar-refractivity contribution in [3.8, 4) is 11.6 Å². The average molecular weight is 294 g/mol. The maximum absolute atomic E-state index is 12.2. The normalized spacial score (nSPS) is 10.4. The average Bonchev–Trinajstić information content (AvgIpc) is 3.03. The van der Waals surface area contributed by atoms with E-state index in [1.165, 1.54) is 12.5 Å². The summed E-state index contributed by atoms with van der Waals surface area (Å²) in [5.41, 5.74) is 7.87. The number of aryl methyl sites for hydroxylation is 1. The molecule has 6 heteroatoms. The standard InChI is InChI=1S/C16H14N4O2/c1-10-4-6-11(7-5-10)19-16(21)12-9-18-15(20-14(12)17)13-3-2-8-22-13/h2-9H,1H3,(H,19,21)(H2,17,18,20). The zero-order valence-electron chi connectivity index (χ0n) is 11.9.